The van der Waals surface area contributed by atoms with Crippen LogP contribution in [0.1, 0.15) is 41.6 Å². The molecule has 4 heterocycles. The zero-order valence-electron chi connectivity index (χ0n) is 17.0. The molecule has 154 valence electrons. The monoisotopic (exact) mass is 421 g/mol. The van der Waals surface area contributed by atoms with E-state index < -0.39 is 0 Å². The molecule has 3 aromatic heterocycles. The number of hydrogen-bond donors (Lipinski definition) is 1. The Hall–Kier alpha value is -3.00. The Labute approximate surface area is 177 Å². The number of aryl methyl sites for hydroxylation is 3. The molecule has 8 heteroatoms. The summed E-state index contributed by atoms with van der Waals surface area (Å²) in [5, 5.41) is 0.675. The summed E-state index contributed by atoms with van der Waals surface area (Å²) in [6.07, 6.45) is 3.68. The molecule has 1 fully saturated rings. The number of fused-ring (bicyclic) bond motifs is 2. The van der Waals surface area contributed by atoms with Crippen LogP contribution in [0.4, 0.5) is 0 Å². The van der Waals surface area contributed by atoms with Gasteiger partial charge < -0.3 is 9.88 Å². The van der Waals surface area contributed by atoms with Crippen LogP contribution in [-0.4, -0.2) is 36.9 Å². The van der Waals surface area contributed by atoms with Crippen molar-refractivity contribution < 1.29 is 4.79 Å². The molecule has 1 saturated heterocycles. The summed E-state index contributed by atoms with van der Waals surface area (Å²) in [5.41, 5.74) is 2.82. The molecule has 4 aromatic rings. The van der Waals surface area contributed by atoms with Gasteiger partial charge in [-0.15, -0.1) is 11.3 Å². The van der Waals surface area contributed by atoms with Crippen LogP contribution >= 0.6 is 11.3 Å². The van der Waals surface area contributed by atoms with E-state index in [2.05, 4.69) is 9.97 Å². The number of aromatic nitrogens is 4. The fraction of sp³-hybridized carbons (Fsp3) is 0.364. The van der Waals surface area contributed by atoms with Gasteiger partial charge in [0.2, 0.25) is 5.91 Å². The number of para-hydroxylation sites is 2. The third-order valence-corrected chi connectivity index (χ3v) is 7.13. The molecular formula is C22H23N5O2S. The molecule has 0 radical (unpaired) electrons. The zero-order chi connectivity index (χ0) is 20.8. The summed E-state index contributed by atoms with van der Waals surface area (Å²) in [6, 6.07) is 7.87. The van der Waals surface area contributed by atoms with Crippen molar-refractivity contribution in [2.75, 3.05) is 6.54 Å². The van der Waals surface area contributed by atoms with Gasteiger partial charge in [-0.05, 0) is 44.4 Å². The Morgan fingerprint density at radius 1 is 1.30 bits per heavy atom. The Kier molecular flexibility index (Phi) is 4.66. The van der Waals surface area contributed by atoms with Crippen molar-refractivity contribution >= 4 is 38.5 Å². The fourth-order valence-electron chi connectivity index (χ4n) is 4.27. The number of rotatable bonds is 4. The quantitative estimate of drug-likeness (QED) is 0.544. The first-order valence-electron chi connectivity index (χ1n) is 10.2. The molecule has 0 bridgehead atoms. The van der Waals surface area contributed by atoms with Gasteiger partial charge >= 0.3 is 0 Å². The van der Waals surface area contributed by atoms with Gasteiger partial charge in [-0.1, -0.05) is 12.1 Å². The van der Waals surface area contributed by atoms with Crippen molar-refractivity contribution in [3.63, 3.8) is 0 Å². The van der Waals surface area contributed by atoms with Crippen molar-refractivity contribution in [2.24, 2.45) is 0 Å². The molecule has 0 spiro atoms. The van der Waals surface area contributed by atoms with Crippen LogP contribution < -0.4 is 5.56 Å². The highest BCUT2D eigenvalue weighted by Gasteiger charge is 2.31. The molecule has 0 aliphatic carbocycles. The van der Waals surface area contributed by atoms with Gasteiger partial charge in [0.05, 0.1) is 28.8 Å². The maximum Gasteiger partial charge on any atom is 0.262 e. The van der Waals surface area contributed by atoms with Crippen LogP contribution in [0, 0.1) is 13.8 Å². The third kappa shape index (κ3) is 3.11. The predicted octanol–water partition coefficient (Wildman–Crippen LogP) is 3.70. The van der Waals surface area contributed by atoms with Crippen LogP contribution in [0.25, 0.3) is 21.3 Å². The maximum absolute atomic E-state index is 13.0. The van der Waals surface area contributed by atoms with Gasteiger partial charge in [-0.25, -0.2) is 9.97 Å². The van der Waals surface area contributed by atoms with E-state index in [-0.39, 0.29) is 23.9 Å². The number of H-pyrrole nitrogens is 1. The molecule has 0 saturated carbocycles. The lowest BCUT2D eigenvalue weighted by atomic mass is 10.2. The normalized spacial score (nSPS) is 16.7. The minimum Gasteiger partial charge on any atom is -0.340 e. The minimum atomic E-state index is -0.0649. The number of amides is 1. The number of carbonyl (C=O) groups is 1. The van der Waals surface area contributed by atoms with E-state index in [1.165, 1.54) is 11.3 Å². The summed E-state index contributed by atoms with van der Waals surface area (Å²) in [5.74, 6) is 0.884. The van der Waals surface area contributed by atoms with E-state index in [4.69, 9.17) is 4.98 Å². The number of aromatic amines is 1. The van der Waals surface area contributed by atoms with Crippen molar-refractivity contribution in [1.29, 1.82) is 0 Å². The number of nitrogens with zero attached hydrogens (tertiary/aromatic N) is 4. The first kappa shape index (κ1) is 19.0. The van der Waals surface area contributed by atoms with Crippen LogP contribution in [0.2, 0.25) is 0 Å². The number of imidazole rings is 1. The highest BCUT2D eigenvalue weighted by molar-refractivity contribution is 7.18. The van der Waals surface area contributed by atoms with Crippen molar-refractivity contribution in [3.8, 4) is 0 Å². The molecule has 1 aromatic carbocycles. The van der Waals surface area contributed by atoms with Crippen LogP contribution in [0.5, 0.6) is 0 Å². The minimum absolute atomic E-state index is 0.0380. The van der Waals surface area contributed by atoms with E-state index in [0.717, 1.165) is 51.5 Å². The Morgan fingerprint density at radius 2 is 2.13 bits per heavy atom. The highest BCUT2D eigenvalue weighted by Crippen LogP contribution is 2.32. The highest BCUT2D eigenvalue weighted by atomic mass is 32.1. The van der Waals surface area contributed by atoms with Crippen LogP contribution in [0.15, 0.2) is 35.4 Å². The lowest BCUT2D eigenvalue weighted by Crippen LogP contribution is -2.32. The molecular weight excluding hydrogens is 398 g/mol. The number of nitrogens with one attached hydrogen (secondary N) is 1. The topological polar surface area (TPSA) is 83.9 Å². The van der Waals surface area contributed by atoms with E-state index in [1.54, 1.807) is 10.9 Å². The van der Waals surface area contributed by atoms with Crippen molar-refractivity contribution in [2.45, 2.75) is 45.7 Å². The van der Waals surface area contributed by atoms with Crippen LogP contribution in [0.3, 0.4) is 0 Å². The lowest BCUT2D eigenvalue weighted by Gasteiger charge is -2.23. The molecule has 30 heavy (non-hydrogen) atoms. The largest absolute Gasteiger partial charge is 0.340 e. The SMILES string of the molecule is Cc1sc2ncn(CCC(=O)N3CCCC3c3nc4ccccc4[nH]3)c(=O)c2c1C. The van der Waals surface area contributed by atoms with E-state index >= 15 is 0 Å². The average Bonchev–Trinajstić information content (AvgIpc) is 3.45. The summed E-state index contributed by atoms with van der Waals surface area (Å²) < 4.78 is 1.56. The van der Waals surface area contributed by atoms with E-state index in [0.29, 0.717) is 11.9 Å². The first-order valence-corrected chi connectivity index (χ1v) is 11.0. The van der Waals surface area contributed by atoms with E-state index in [9.17, 15) is 9.59 Å². The second kappa shape index (κ2) is 7.36. The van der Waals surface area contributed by atoms with Crippen molar-refractivity contribution in [3.05, 3.63) is 57.2 Å². The number of thiophene rings is 1. The standard InChI is InChI=1S/C22H23N5O2S/c1-13-14(2)30-21-19(13)22(29)26(12-23-21)11-9-18(28)27-10-5-8-17(27)20-24-15-6-3-4-7-16(15)25-20/h3-4,6-7,12,17H,5,8-11H2,1-2H3,(H,24,25). The number of carbonyl (C=O) groups excluding carboxylic acids is 1. The van der Waals surface area contributed by atoms with Gasteiger partial charge in [0.1, 0.15) is 10.7 Å². The molecule has 1 unspecified atom stereocenters. The summed E-state index contributed by atoms with van der Waals surface area (Å²) in [6.45, 7) is 5.00. The third-order valence-electron chi connectivity index (χ3n) is 6.02. The second-order valence-electron chi connectivity index (χ2n) is 7.84. The first-order chi connectivity index (χ1) is 14.5. The Morgan fingerprint density at radius 3 is 2.97 bits per heavy atom. The fourth-order valence-corrected chi connectivity index (χ4v) is 5.26. The molecule has 1 aliphatic heterocycles. The van der Waals surface area contributed by atoms with Crippen molar-refractivity contribution in [1.82, 2.24) is 24.4 Å². The van der Waals surface area contributed by atoms with Crippen LogP contribution in [-0.2, 0) is 11.3 Å². The molecule has 5 rings (SSSR count). The summed E-state index contributed by atoms with van der Waals surface area (Å²) in [4.78, 5) is 42.1. The number of benzene rings is 1. The second-order valence-corrected chi connectivity index (χ2v) is 9.04. The van der Waals surface area contributed by atoms with Gasteiger partial charge in [0, 0.05) is 24.4 Å². The molecule has 1 aliphatic rings. The maximum atomic E-state index is 13.0. The zero-order valence-corrected chi connectivity index (χ0v) is 17.8. The summed E-state index contributed by atoms with van der Waals surface area (Å²) in [7, 11) is 0. The average molecular weight is 422 g/mol. The molecule has 1 amide bonds. The number of hydrogen-bond acceptors (Lipinski definition) is 5. The van der Waals surface area contributed by atoms with E-state index in [1.807, 2.05) is 43.0 Å². The van der Waals surface area contributed by atoms with Gasteiger partial charge in [-0.3, -0.25) is 14.2 Å². The summed E-state index contributed by atoms with van der Waals surface area (Å²) >= 11 is 1.54. The molecule has 7 nitrogen and oxygen atoms in total. The smallest absolute Gasteiger partial charge is 0.262 e. The van der Waals surface area contributed by atoms with Gasteiger partial charge in [0.15, 0.2) is 0 Å². The molecule has 1 N–H and O–H groups in total. The number of likely N-dealkylation sites (tertiary alicyclic amines) is 1. The Bertz CT molecular complexity index is 1290. The van der Waals surface area contributed by atoms with Gasteiger partial charge in [-0.2, -0.15) is 0 Å². The van der Waals surface area contributed by atoms with Gasteiger partial charge in [0.25, 0.3) is 5.56 Å². The Balaban J connectivity index is 1.35. The lowest BCUT2D eigenvalue weighted by molar-refractivity contribution is -0.132. The molecule has 1 atom stereocenters. The predicted molar refractivity (Wildman–Crippen MR) is 118 cm³/mol.